The molecule has 2 aromatic carbocycles. The lowest BCUT2D eigenvalue weighted by atomic mass is 9.95. The monoisotopic (exact) mass is 420 g/mol. The van der Waals surface area contributed by atoms with Gasteiger partial charge < -0.3 is 14.6 Å². The standard InChI is InChI=1S/C25H28N2O4/c1-2-6-20-24(30)19(17-27-11-9-26(10-12-27)13-14-28)15-22-21(16-23(29)31-25(20)22)18-7-4-3-5-8-18/h2-5,7-8,15-16,28,30H,1,6,9-14,17H2. The summed E-state index contributed by atoms with van der Waals surface area (Å²) in [6, 6.07) is 13.2. The summed E-state index contributed by atoms with van der Waals surface area (Å²) in [6.45, 7) is 8.78. The Morgan fingerprint density at radius 3 is 2.45 bits per heavy atom. The molecule has 4 rings (SSSR count). The van der Waals surface area contributed by atoms with Crippen LogP contribution in [0.5, 0.6) is 5.75 Å². The van der Waals surface area contributed by atoms with E-state index in [0.717, 1.165) is 48.3 Å². The first kappa shape index (κ1) is 21.3. The third-order valence-corrected chi connectivity index (χ3v) is 5.89. The van der Waals surface area contributed by atoms with E-state index in [2.05, 4.69) is 16.4 Å². The van der Waals surface area contributed by atoms with E-state index < -0.39 is 5.63 Å². The van der Waals surface area contributed by atoms with Crippen LogP contribution in [-0.2, 0) is 13.0 Å². The maximum atomic E-state index is 12.3. The van der Waals surface area contributed by atoms with E-state index in [4.69, 9.17) is 9.52 Å². The van der Waals surface area contributed by atoms with Crippen molar-refractivity contribution in [3.05, 3.63) is 76.7 Å². The van der Waals surface area contributed by atoms with Crippen molar-refractivity contribution in [2.45, 2.75) is 13.0 Å². The number of piperazine rings is 1. The summed E-state index contributed by atoms with van der Waals surface area (Å²) in [5.74, 6) is 0.165. The minimum atomic E-state index is -0.441. The second-order valence-electron chi connectivity index (χ2n) is 7.92. The van der Waals surface area contributed by atoms with Gasteiger partial charge in [0.2, 0.25) is 0 Å². The van der Waals surface area contributed by atoms with Crippen LogP contribution in [0, 0.1) is 0 Å². The van der Waals surface area contributed by atoms with Crippen LogP contribution < -0.4 is 5.63 Å². The highest BCUT2D eigenvalue weighted by Crippen LogP contribution is 2.37. The van der Waals surface area contributed by atoms with Crippen molar-refractivity contribution in [3.63, 3.8) is 0 Å². The van der Waals surface area contributed by atoms with Gasteiger partial charge in [-0.3, -0.25) is 9.80 Å². The van der Waals surface area contributed by atoms with Crippen molar-refractivity contribution in [2.75, 3.05) is 39.3 Å². The van der Waals surface area contributed by atoms with Crippen LogP contribution in [0.2, 0.25) is 0 Å². The molecule has 1 aromatic heterocycles. The fraction of sp³-hybridized carbons (Fsp3) is 0.320. The fourth-order valence-electron chi connectivity index (χ4n) is 4.28. The molecule has 0 aliphatic carbocycles. The van der Waals surface area contributed by atoms with Crippen molar-refractivity contribution in [2.24, 2.45) is 0 Å². The molecule has 6 heteroatoms. The molecule has 2 N–H and O–H groups in total. The zero-order valence-corrected chi connectivity index (χ0v) is 17.6. The van der Waals surface area contributed by atoms with Crippen LogP contribution in [-0.4, -0.2) is 59.3 Å². The Morgan fingerprint density at radius 2 is 1.77 bits per heavy atom. The molecule has 0 atom stereocenters. The molecule has 1 aliphatic rings. The van der Waals surface area contributed by atoms with Gasteiger partial charge in [0.1, 0.15) is 11.3 Å². The van der Waals surface area contributed by atoms with E-state index >= 15 is 0 Å². The van der Waals surface area contributed by atoms with Crippen LogP contribution in [0.4, 0.5) is 0 Å². The molecule has 6 nitrogen and oxygen atoms in total. The number of fused-ring (bicyclic) bond motifs is 1. The second-order valence-corrected chi connectivity index (χ2v) is 7.92. The molecule has 0 spiro atoms. The maximum absolute atomic E-state index is 12.3. The summed E-state index contributed by atoms with van der Waals surface area (Å²) in [7, 11) is 0. The molecule has 1 aliphatic heterocycles. The number of hydrogen-bond acceptors (Lipinski definition) is 6. The Morgan fingerprint density at radius 1 is 1.06 bits per heavy atom. The second kappa shape index (κ2) is 9.47. The van der Waals surface area contributed by atoms with E-state index in [-0.39, 0.29) is 12.4 Å². The van der Waals surface area contributed by atoms with Gasteiger partial charge in [-0.05, 0) is 23.6 Å². The van der Waals surface area contributed by atoms with Gasteiger partial charge in [-0.2, -0.15) is 0 Å². The number of phenolic OH excluding ortho intramolecular Hbond substituents is 1. The van der Waals surface area contributed by atoms with Gasteiger partial charge in [-0.1, -0.05) is 36.4 Å². The predicted molar refractivity (Wildman–Crippen MR) is 122 cm³/mol. The molecular formula is C25H28N2O4. The number of aromatic hydroxyl groups is 1. The Labute approximate surface area is 181 Å². The van der Waals surface area contributed by atoms with Gasteiger partial charge >= 0.3 is 5.63 Å². The van der Waals surface area contributed by atoms with Crippen molar-refractivity contribution in [1.82, 2.24) is 9.80 Å². The van der Waals surface area contributed by atoms with Gasteiger partial charge in [-0.25, -0.2) is 4.79 Å². The molecule has 2 heterocycles. The predicted octanol–water partition coefficient (Wildman–Crippen LogP) is 3.00. The lowest BCUT2D eigenvalue weighted by molar-refractivity contribution is 0.108. The van der Waals surface area contributed by atoms with Gasteiger partial charge in [0.05, 0.1) is 6.61 Å². The lowest BCUT2D eigenvalue weighted by Gasteiger charge is -2.34. The molecule has 162 valence electrons. The molecular weight excluding hydrogens is 392 g/mol. The van der Waals surface area contributed by atoms with E-state index in [1.54, 1.807) is 6.08 Å². The molecule has 1 fully saturated rings. The average molecular weight is 421 g/mol. The Hall–Kier alpha value is -2.93. The molecule has 0 saturated carbocycles. The van der Waals surface area contributed by atoms with Crippen molar-refractivity contribution < 1.29 is 14.6 Å². The van der Waals surface area contributed by atoms with Gasteiger partial charge in [-0.15, -0.1) is 6.58 Å². The summed E-state index contributed by atoms with van der Waals surface area (Å²) in [5.41, 5.74) is 3.11. The molecule has 0 radical (unpaired) electrons. The van der Waals surface area contributed by atoms with Crippen molar-refractivity contribution >= 4 is 11.0 Å². The Kier molecular flexibility index (Phi) is 6.51. The molecule has 3 aromatic rings. The summed E-state index contributed by atoms with van der Waals surface area (Å²) in [5, 5.41) is 21.0. The number of nitrogens with zero attached hydrogens (tertiary/aromatic N) is 2. The summed E-state index contributed by atoms with van der Waals surface area (Å²) < 4.78 is 5.57. The summed E-state index contributed by atoms with van der Waals surface area (Å²) in [6.07, 6.45) is 2.11. The number of allylic oxidation sites excluding steroid dienone is 1. The van der Waals surface area contributed by atoms with Crippen molar-refractivity contribution in [1.29, 1.82) is 0 Å². The molecule has 0 unspecified atom stereocenters. The summed E-state index contributed by atoms with van der Waals surface area (Å²) in [4.78, 5) is 16.9. The van der Waals surface area contributed by atoms with E-state index in [1.165, 1.54) is 6.07 Å². The third kappa shape index (κ3) is 4.56. The molecule has 31 heavy (non-hydrogen) atoms. The Bertz CT molecular complexity index is 1120. The smallest absolute Gasteiger partial charge is 0.336 e. The highest BCUT2D eigenvalue weighted by molar-refractivity contribution is 5.96. The van der Waals surface area contributed by atoms with Crippen LogP contribution in [0.3, 0.4) is 0 Å². The Balaban J connectivity index is 1.78. The number of phenols is 1. The van der Waals surface area contributed by atoms with E-state index in [9.17, 15) is 9.90 Å². The third-order valence-electron chi connectivity index (χ3n) is 5.89. The van der Waals surface area contributed by atoms with Crippen LogP contribution in [0.1, 0.15) is 11.1 Å². The molecule has 0 bridgehead atoms. The van der Waals surface area contributed by atoms with Crippen LogP contribution in [0.15, 0.2) is 64.3 Å². The normalized spacial score (nSPS) is 15.4. The van der Waals surface area contributed by atoms with Gasteiger partial charge in [0.25, 0.3) is 0 Å². The zero-order valence-electron chi connectivity index (χ0n) is 17.6. The minimum absolute atomic E-state index is 0.165. The fourth-order valence-corrected chi connectivity index (χ4v) is 4.28. The quantitative estimate of drug-likeness (QED) is 0.452. The number of β-amino-alcohol motifs (C(OH)–C–C–N with tert-alkyl or cyclic N) is 1. The SMILES string of the molecule is C=CCc1c(O)c(CN2CCN(CCO)CC2)cc2c(-c3ccccc3)cc(=O)oc12. The van der Waals surface area contributed by atoms with Crippen LogP contribution >= 0.6 is 0 Å². The van der Waals surface area contributed by atoms with Crippen molar-refractivity contribution in [3.8, 4) is 16.9 Å². The van der Waals surface area contributed by atoms with Gasteiger partial charge in [0.15, 0.2) is 0 Å². The largest absolute Gasteiger partial charge is 0.507 e. The number of aliphatic hydroxyl groups excluding tert-OH is 1. The number of rotatable bonds is 7. The maximum Gasteiger partial charge on any atom is 0.336 e. The first-order chi connectivity index (χ1) is 15.1. The topological polar surface area (TPSA) is 77.1 Å². The van der Waals surface area contributed by atoms with Crippen LogP contribution in [0.25, 0.3) is 22.1 Å². The molecule has 1 saturated heterocycles. The lowest BCUT2D eigenvalue weighted by Crippen LogP contribution is -2.46. The number of benzene rings is 2. The minimum Gasteiger partial charge on any atom is -0.507 e. The van der Waals surface area contributed by atoms with E-state index in [1.807, 2.05) is 36.4 Å². The number of aliphatic hydroxyl groups is 1. The average Bonchev–Trinajstić information content (AvgIpc) is 2.78. The zero-order chi connectivity index (χ0) is 21.8. The first-order valence-corrected chi connectivity index (χ1v) is 10.6. The van der Waals surface area contributed by atoms with E-state index in [0.29, 0.717) is 30.7 Å². The number of hydrogen-bond donors (Lipinski definition) is 2. The first-order valence-electron chi connectivity index (χ1n) is 10.6. The highest BCUT2D eigenvalue weighted by atomic mass is 16.4. The highest BCUT2D eigenvalue weighted by Gasteiger charge is 2.21. The molecule has 0 amide bonds. The summed E-state index contributed by atoms with van der Waals surface area (Å²) >= 11 is 0. The van der Waals surface area contributed by atoms with Gasteiger partial charge in [0, 0.05) is 61.8 Å².